The average molecular weight is 366 g/mol. The average Bonchev–Trinajstić information content (AvgIpc) is 2.65. The number of rotatable bonds is 4. The minimum Gasteiger partial charge on any atom is -0.295 e. The van der Waals surface area contributed by atoms with Crippen LogP contribution in [0.4, 0.5) is 0 Å². The first-order chi connectivity index (χ1) is 12.7. The number of aromatic nitrogens is 2. The van der Waals surface area contributed by atoms with Crippen molar-refractivity contribution in [1.29, 1.82) is 0 Å². The molecule has 0 fully saturated rings. The second-order valence-electron chi connectivity index (χ2n) is 7.50. The molecule has 0 spiro atoms. The molecule has 1 aliphatic heterocycles. The summed E-state index contributed by atoms with van der Waals surface area (Å²) in [6.45, 7) is 7.33. The van der Waals surface area contributed by atoms with Gasteiger partial charge >= 0.3 is 0 Å². The van der Waals surface area contributed by atoms with Gasteiger partial charge in [0.05, 0.1) is 0 Å². The van der Waals surface area contributed by atoms with Crippen LogP contribution in [0, 0.1) is 13.8 Å². The molecule has 26 heavy (non-hydrogen) atoms. The van der Waals surface area contributed by atoms with Gasteiger partial charge in [-0.2, -0.15) is 0 Å². The molecule has 3 nitrogen and oxygen atoms in total. The van der Waals surface area contributed by atoms with Gasteiger partial charge in [-0.15, -0.1) is 0 Å². The molecule has 4 rings (SSSR count). The van der Waals surface area contributed by atoms with Crippen LogP contribution < -0.4 is 0 Å². The summed E-state index contributed by atoms with van der Waals surface area (Å²) in [7, 11) is 0. The van der Waals surface area contributed by atoms with Gasteiger partial charge < -0.3 is 0 Å². The van der Waals surface area contributed by atoms with Crippen LogP contribution in [0.15, 0.2) is 45.8 Å². The lowest BCUT2D eigenvalue weighted by Gasteiger charge is -2.31. The number of aryl methyl sites for hydroxylation is 2. The molecule has 1 aliphatic carbocycles. The van der Waals surface area contributed by atoms with E-state index in [2.05, 4.69) is 46.1 Å². The highest BCUT2D eigenvalue weighted by molar-refractivity contribution is 8.03. The molecule has 0 atom stereocenters. The van der Waals surface area contributed by atoms with Crippen molar-refractivity contribution in [2.75, 3.05) is 13.1 Å². The van der Waals surface area contributed by atoms with Gasteiger partial charge in [0, 0.05) is 48.4 Å². The van der Waals surface area contributed by atoms with Crippen molar-refractivity contribution in [1.82, 2.24) is 14.9 Å². The predicted octanol–water partition coefficient (Wildman–Crippen LogP) is 5.07. The normalized spacial score (nSPS) is 18.1. The molecule has 136 valence electrons. The maximum atomic E-state index is 4.62. The van der Waals surface area contributed by atoms with Crippen LogP contribution >= 0.6 is 11.8 Å². The Bertz CT molecular complexity index is 811. The smallest absolute Gasteiger partial charge is 0.125 e. The maximum absolute atomic E-state index is 4.62. The molecule has 0 saturated carbocycles. The number of fused-ring (bicyclic) bond motifs is 1. The zero-order valence-corrected chi connectivity index (χ0v) is 16.6. The Morgan fingerprint density at radius 3 is 2.69 bits per heavy atom. The molecule has 0 N–H and O–H groups in total. The predicted molar refractivity (Wildman–Crippen MR) is 108 cm³/mol. The van der Waals surface area contributed by atoms with Gasteiger partial charge in [-0.25, -0.2) is 9.97 Å². The number of hydrogen-bond donors (Lipinski definition) is 0. The highest BCUT2D eigenvalue weighted by Crippen LogP contribution is 2.38. The van der Waals surface area contributed by atoms with Gasteiger partial charge in [-0.05, 0) is 62.1 Å². The summed E-state index contributed by atoms with van der Waals surface area (Å²) in [5.74, 6) is 0.893. The summed E-state index contributed by atoms with van der Waals surface area (Å²) in [4.78, 5) is 14.6. The first-order valence-corrected chi connectivity index (χ1v) is 10.5. The summed E-state index contributed by atoms with van der Waals surface area (Å²) in [5, 5.41) is 0. The van der Waals surface area contributed by atoms with Crippen LogP contribution in [0.1, 0.15) is 48.3 Å². The zero-order chi connectivity index (χ0) is 17.9. The molecule has 2 aliphatic rings. The Labute approximate surface area is 160 Å². The van der Waals surface area contributed by atoms with Crippen molar-refractivity contribution in [3.8, 4) is 0 Å². The first-order valence-electron chi connectivity index (χ1n) is 9.66. The van der Waals surface area contributed by atoms with Crippen molar-refractivity contribution in [2.24, 2.45) is 0 Å². The molecule has 4 heteroatoms. The van der Waals surface area contributed by atoms with Gasteiger partial charge in [0.2, 0.25) is 0 Å². The summed E-state index contributed by atoms with van der Waals surface area (Å²) < 4.78 is 0. The van der Waals surface area contributed by atoms with Gasteiger partial charge in [0.15, 0.2) is 0 Å². The van der Waals surface area contributed by atoms with E-state index < -0.39 is 0 Å². The fourth-order valence-corrected chi connectivity index (χ4v) is 4.97. The number of nitrogens with zero attached hydrogens (tertiary/aromatic N) is 3. The largest absolute Gasteiger partial charge is 0.295 e. The standard InChI is InChI=1S/C22H27N3S/c1-16-7-9-20(10-8-16)26-22-6-4-3-5-18(22)14-25-12-11-21-19(15-25)13-23-17(2)24-21/h7-10,13H,3-6,11-12,14-15H2,1-2H3. The Morgan fingerprint density at radius 2 is 1.85 bits per heavy atom. The molecule has 2 heterocycles. The molecule has 0 saturated heterocycles. The van der Waals surface area contributed by atoms with Crippen LogP contribution in [0.3, 0.4) is 0 Å². The van der Waals surface area contributed by atoms with E-state index in [0.717, 1.165) is 31.9 Å². The fourth-order valence-electron chi connectivity index (χ4n) is 3.86. The molecule has 1 aromatic heterocycles. The van der Waals surface area contributed by atoms with Gasteiger partial charge in [0.25, 0.3) is 0 Å². The minimum absolute atomic E-state index is 0.893. The monoisotopic (exact) mass is 365 g/mol. The molecular formula is C22H27N3S. The van der Waals surface area contributed by atoms with Crippen molar-refractivity contribution < 1.29 is 0 Å². The van der Waals surface area contributed by atoms with Gasteiger partial charge in [-0.3, -0.25) is 4.90 Å². The third-order valence-electron chi connectivity index (χ3n) is 5.34. The Kier molecular flexibility index (Phi) is 5.41. The van der Waals surface area contributed by atoms with Crippen LogP contribution in [0.25, 0.3) is 0 Å². The number of benzene rings is 1. The van der Waals surface area contributed by atoms with E-state index in [1.54, 1.807) is 10.5 Å². The van der Waals surface area contributed by atoms with Crippen LogP contribution in [-0.4, -0.2) is 28.0 Å². The van der Waals surface area contributed by atoms with Crippen molar-refractivity contribution in [2.45, 2.75) is 57.4 Å². The molecule has 0 radical (unpaired) electrons. The van der Waals surface area contributed by atoms with Crippen molar-refractivity contribution in [3.63, 3.8) is 0 Å². The highest BCUT2D eigenvalue weighted by atomic mass is 32.2. The number of thioether (sulfide) groups is 1. The summed E-state index contributed by atoms with van der Waals surface area (Å²) >= 11 is 1.99. The lowest BCUT2D eigenvalue weighted by Crippen LogP contribution is -2.33. The van der Waals surface area contributed by atoms with Crippen LogP contribution in [0.2, 0.25) is 0 Å². The third-order valence-corrected chi connectivity index (χ3v) is 6.58. The Hall–Kier alpha value is -1.65. The lowest BCUT2D eigenvalue weighted by atomic mass is 9.97. The molecule has 0 bridgehead atoms. The van der Waals surface area contributed by atoms with Crippen molar-refractivity contribution in [3.05, 3.63) is 63.6 Å². The zero-order valence-electron chi connectivity index (χ0n) is 15.8. The van der Waals surface area contributed by atoms with E-state index in [0.29, 0.717) is 0 Å². The van der Waals surface area contributed by atoms with E-state index in [1.165, 1.54) is 47.4 Å². The second-order valence-corrected chi connectivity index (χ2v) is 8.67. The highest BCUT2D eigenvalue weighted by Gasteiger charge is 2.21. The van der Waals surface area contributed by atoms with Gasteiger partial charge in [-0.1, -0.05) is 29.5 Å². The van der Waals surface area contributed by atoms with E-state index in [9.17, 15) is 0 Å². The Morgan fingerprint density at radius 1 is 1.04 bits per heavy atom. The molecule has 0 unspecified atom stereocenters. The second kappa shape index (κ2) is 7.93. The van der Waals surface area contributed by atoms with Gasteiger partial charge in [0.1, 0.15) is 5.82 Å². The molecule has 0 amide bonds. The summed E-state index contributed by atoms with van der Waals surface area (Å²) in [5.41, 5.74) is 5.54. The molecular weight excluding hydrogens is 338 g/mol. The van der Waals surface area contributed by atoms with E-state index in [4.69, 9.17) is 0 Å². The van der Waals surface area contributed by atoms with Crippen LogP contribution in [-0.2, 0) is 13.0 Å². The van der Waals surface area contributed by atoms with Crippen LogP contribution in [0.5, 0.6) is 0 Å². The topological polar surface area (TPSA) is 29.0 Å². The van der Waals surface area contributed by atoms with E-state index in [-0.39, 0.29) is 0 Å². The number of allylic oxidation sites excluding steroid dienone is 1. The fraction of sp³-hybridized carbons (Fsp3) is 0.455. The van der Waals surface area contributed by atoms with Crippen molar-refractivity contribution >= 4 is 11.8 Å². The molecule has 1 aromatic carbocycles. The van der Waals surface area contributed by atoms with E-state index >= 15 is 0 Å². The third kappa shape index (κ3) is 4.18. The SMILES string of the molecule is Cc1ccc(SC2=C(CN3CCc4nc(C)ncc4C3)CCCC2)cc1. The quantitative estimate of drug-likeness (QED) is 0.756. The Balaban J connectivity index is 1.48. The first kappa shape index (κ1) is 17.7. The molecule has 2 aromatic rings. The van der Waals surface area contributed by atoms with E-state index in [1.807, 2.05) is 24.9 Å². The minimum atomic E-state index is 0.893. The maximum Gasteiger partial charge on any atom is 0.125 e. The number of hydrogen-bond acceptors (Lipinski definition) is 4. The summed E-state index contributed by atoms with van der Waals surface area (Å²) in [6.07, 6.45) is 8.23. The summed E-state index contributed by atoms with van der Waals surface area (Å²) in [6, 6.07) is 8.95. The lowest BCUT2D eigenvalue weighted by molar-refractivity contribution is 0.268.